The molecule has 2 N–H and O–H groups in total. The molecule has 3 aliphatic rings. The highest BCUT2D eigenvalue weighted by molar-refractivity contribution is 5.91. The van der Waals surface area contributed by atoms with Crippen molar-refractivity contribution in [2.75, 3.05) is 6.61 Å². The van der Waals surface area contributed by atoms with Crippen molar-refractivity contribution >= 4 is 23.9 Å². The van der Waals surface area contributed by atoms with Gasteiger partial charge in [-0.1, -0.05) is 115 Å². The summed E-state index contributed by atoms with van der Waals surface area (Å²) < 4.78 is 69.2. The van der Waals surface area contributed by atoms with Crippen LogP contribution in [0.3, 0.4) is 0 Å². The third kappa shape index (κ3) is 12.9. The Balaban J connectivity index is 1.17. The maximum absolute atomic E-state index is 14.1. The maximum atomic E-state index is 14.1. The van der Waals surface area contributed by atoms with Crippen molar-refractivity contribution in [2.45, 2.75) is 120 Å². The lowest BCUT2D eigenvalue weighted by Gasteiger charge is -2.49. The monoisotopic (exact) mass is 976 g/mol. The maximum Gasteiger partial charge on any atom is 0.338 e. The second-order valence-corrected chi connectivity index (χ2v) is 17.2. The van der Waals surface area contributed by atoms with Gasteiger partial charge in [-0.3, -0.25) is 4.79 Å². The fourth-order valence-corrected chi connectivity index (χ4v) is 8.55. The first-order valence-corrected chi connectivity index (χ1v) is 23.3. The zero-order chi connectivity index (χ0) is 49.9. The fraction of sp³-hybridized carbons (Fsp3) is 0.370. The topological polar surface area (TPSA) is 210 Å². The van der Waals surface area contributed by atoms with E-state index < -0.39 is 116 Å². The molecule has 374 valence electrons. The van der Waals surface area contributed by atoms with Crippen LogP contribution in [0, 0.1) is 0 Å². The van der Waals surface area contributed by atoms with Crippen molar-refractivity contribution in [3.63, 3.8) is 0 Å². The Kier molecular flexibility index (Phi) is 17.3. The summed E-state index contributed by atoms with van der Waals surface area (Å²) in [5.41, 5.74) is 2.00. The molecule has 0 saturated carbocycles. The number of esters is 4. The molecule has 0 spiro atoms. The molecule has 14 atom stereocenters. The summed E-state index contributed by atoms with van der Waals surface area (Å²) in [6.45, 7) is 4.06. The number of aliphatic hydroxyl groups excluding tert-OH is 2. The number of benzene rings is 5. The SMILES string of the molecule is CC(=O)O[C@@H]1[C@@H](O[C@@H]2O[C@H](C)[C@@H](OC(=O)c3ccccc3)[C@H](OC(=O)c3ccccc3)[C@H]2OC(=O)c2ccccc2)[C@H](O[C@@H]2[C@@H](OCc3ccccc3)[C@@H](O)O[C@H](C)[C@H]2OCc2ccccc2)OC[C@H]1O. The van der Waals surface area contributed by atoms with Gasteiger partial charge >= 0.3 is 23.9 Å². The van der Waals surface area contributed by atoms with Gasteiger partial charge in [0.2, 0.25) is 0 Å². The molecule has 3 heterocycles. The molecule has 8 rings (SSSR count). The second-order valence-electron chi connectivity index (χ2n) is 17.2. The Labute approximate surface area is 410 Å². The highest BCUT2D eigenvalue weighted by atomic mass is 16.8. The summed E-state index contributed by atoms with van der Waals surface area (Å²) >= 11 is 0. The number of carbonyl (C=O) groups excluding carboxylic acids is 4. The third-order valence-corrected chi connectivity index (χ3v) is 12.1. The van der Waals surface area contributed by atoms with E-state index in [2.05, 4.69) is 0 Å². The van der Waals surface area contributed by atoms with Crippen molar-refractivity contribution in [3.05, 3.63) is 179 Å². The van der Waals surface area contributed by atoms with E-state index >= 15 is 0 Å². The molecule has 0 bridgehead atoms. The molecular formula is C54H56O17. The highest BCUT2D eigenvalue weighted by Crippen LogP contribution is 2.37. The number of hydrogen-bond acceptors (Lipinski definition) is 17. The summed E-state index contributed by atoms with van der Waals surface area (Å²) in [4.78, 5) is 54.8. The van der Waals surface area contributed by atoms with Gasteiger partial charge in [0.1, 0.15) is 24.4 Å². The molecule has 3 aliphatic heterocycles. The zero-order valence-corrected chi connectivity index (χ0v) is 39.2. The van der Waals surface area contributed by atoms with Gasteiger partial charge in [-0.05, 0) is 61.4 Å². The van der Waals surface area contributed by atoms with E-state index in [9.17, 15) is 29.4 Å². The van der Waals surface area contributed by atoms with Gasteiger partial charge in [0.25, 0.3) is 0 Å². The standard InChI is InChI=1S/C54H56O17/c1-32-41(61-29-35-19-9-4-10-20-35)44(46(52(60)64-32)62-30-36-21-11-5-12-22-36)70-53-47(43(66-34(3)55)40(56)31-63-53)71-54-48(69-51(59)39-27-17-8-18-28-39)45(68-50(58)38-25-15-7-16-26-38)42(33(2)65-54)67-49(57)37-23-13-6-14-24-37/h4-28,32-33,40-48,52-54,56,60H,29-31H2,1-3H3/t32-,33-,40-,41-,42-,43+,44+,45+,46-,47-,48-,52+,53+,54+/m1/s1. The molecule has 71 heavy (non-hydrogen) atoms. The molecule has 3 saturated heterocycles. The molecule has 0 aliphatic carbocycles. The lowest BCUT2D eigenvalue weighted by Crippen LogP contribution is -2.66. The van der Waals surface area contributed by atoms with Crippen molar-refractivity contribution in [1.29, 1.82) is 0 Å². The van der Waals surface area contributed by atoms with Crippen LogP contribution in [0.15, 0.2) is 152 Å². The van der Waals surface area contributed by atoms with Crippen molar-refractivity contribution in [1.82, 2.24) is 0 Å². The molecular weight excluding hydrogens is 921 g/mol. The van der Waals surface area contributed by atoms with Crippen molar-refractivity contribution in [2.24, 2.45) is 0 Å². The Morgan fingerprint density at radius 2 is 0.887 bits per heavy atom. The smallest absolute Gasteiger partial charge is 0.338 e. The summed E-state index contributed by atoms with van der Waals surface area (Å²) in [5, 5.41) is 23.0. The summed E-state index contributed by atoms with van der Waals surface area (Å²) in [6.07, 6.45) is -19.7. The van der Waals surface area contributed by atoms with Crippen molar-refractivity contribution < 1.29 is 81.5 Å². The predicted octanol–water partition coefficient (Wildman–Crippen LogP) is 5.74. The number of carbonyl (C=O) groups is 4. The van der Waals surface area contributed by atoms with Crippen LogP contribution < -0.4 is 0 Å². The number of ether oxygens (including phenoxy) is 11. The van der Waals surface area contributed by atoms with Crippen LogP contribution >= 0.6 is 0 Å². The Hall–Kier alpha value is -6.38. The van der Waals surface area contributed by atoms with Crippen molar-refractivity contribution in [3.8, 4) is 0 Å². The number of rotatable bonds is 17. The van der Waals surface area contributed by atoms with Crippen LogP contribution in [0.2, 0.25) is 0 Å². The van der Waals surface area contributed by atoms with E-state index in [0.717, 1.165) is 18.1 Å². The molecule has 5 aromatic carbocycles. The molecule has 0 unspecified atom stereocenters. The first kappa shape index (κ1) is 51.0. The molecule has 5 aromatic rings. The van der Waals surface area contributed by atoms with E-state index in [-0.39, 0.29) is 29.9 Å². The van der Waals surface area contributed by atoms with Gasteiger partial charge in [0.05, 0.1) is 48.7 Å². The quantitative estimate of drug-likeness (QED) is 0.0841. The first-order valence-electron chi connectivity index (χ1n) is 23.3. The molecule has 17 heteroatoms. The van der Waals surface area contributed by atoms with Gasteiger partial charge in [-0.25, -0.2) is 14.4 Å². The van der Waals surface area contributed by atoms with E-state index in [4.69, 9.17) is 52.1 Å². The van der Waals surface area contributed by atoms with E-state index in [1.54, 1.807) is 61.5 Å². The largest absolute Gasteiger partial charge is 0.457 e. The summed E-state index contributed by atoms with van der Waals surface area (Å²) in [6, 6.07) is 42.6. The second kappa shape index (κ2) is 24.2. The molecule has 0 aromatic heterocycles. The highest BCUT2D eigenvalue weighted by Gasteiger charge is 2.56. The molecule has 0 amide bonds. The normalized spacial score (nSPS) is 29.5. The Bertz CT molecular complexity index is 2430. The third-order valence-electron chi connectivity index (χ3n) is 12.1. The predicted molar refractivity (Wildman–Crippen MR) is 249 cm³/mol. The minimum atomic E-state index is -1.75. The Morgan fingerprint density at radius 3 is 1.38 bits per heavy atom. The van der Waals surface area contributed by atoms with Crippen LogP contribution in [-0.2, 0) is 70.1 Å². The first-order chi connectivity index (χ1) is 34.4. The minimum Gasteiger partial charge on any atom is -0.457 e. The average Bonchev–Trinajstić information content (AvgIpc) is 3.38. The minimum absolute atomic E-state index is 0.0210. The fourth-order valence-electron chi connectivity index (χ4n) is 8.55. The summed E-state index contributed by atoms with van der Waals surface area (Å²) in [7, 11) is 0. The number of hydrogen-bond donors (Lipinski definition) is 2. The van der Waals surface area contributed by atoms with Gasteiger partial charge in [0, 0.05) is 6.92 Å². The van der Waals surface area contributed by atoms with E-state index in [1.165, 1.54) is 43.3 Å². The average molecular weight is 977 g/mol. The van der Waals surface area contributed by atoms with Crippen LogP contribution in [0.25, 0.3) is 0 Å². The molecule has 0 radical (unpaired) electrons. The van der Waals surface area contributed by atoms with Crippen LogP contribution in [0.1, 0.15) is 63.0 Å². The lowest BCUT2D eigenvalue weighted by atomic mass is 9.97. The van der Waals surface area contributed by atoms with Gasteiger partial charge in [0.15, 0.2) is 49.4 Å². The lowest BCUT2D eigenvalue weighted by molar-refractivity contribution is -0.378. The van der Waals surface area contributed by atoms with Crippen LogP contribution in [0.4, 0.5) is 0 Å². The molecule has 3 fully saturated rings. The van der Waals surface area contributed by atoms with Crippen LogP contribution in [-0.4, -0.2) is 127 Å². The van der Waals surface area contributed by atoms with Crippen LogP contribution in [0.5, 0.6) is 0 Å². The van der Waals surface area contributed by atoms with E-state index in [1.807, 2.05) is 60.7 Å². The summed E-state index contributed by atoms with van der Waals surface area (Å²) in [5.74, 6) is -3.37. The molecule has 17 nitrogen and oxygen atoms in total. The zero-order valence-electron chi connectivity index (χ0n) is 39.2. The number of aliphatic hydroxyl groups is 2. The van der Waals surface area contributed by atoms with E-state index in [0.29, 0.717) is 0 Å². The van der Waals surface area contributed by atoms with Gasteiger partial charge < -0.3 is 62.3 Å². The van der Waals surface area contributed by atoms with Gasteiger partial charge in [-0.15, -0.1) is 0 Å². The Morgan fingerprint density at radius 1 is 0.465 bits per heavy atom. The van der Waals surface area contributed by atoms with Gasteiger partial charge in [-0.2, -0.15) is 0 Å².